The number of urea groups is 1. The van der Waals surface area contributed by atoms with E-state index in [-0.39, 0.29) is 15.7 Å². The number of anilines is 3. The maximum Gasteiger partial charge on any atom is 0.416 e. The van der Waals surface area contributed by atoms with Crippen molar-refractivity contribution in [3.63, 3.8) is 0 Å². The predicted molar refractivity (Wildman–Crippen MR) is 123 cm³/mol. The van der Waals surface area contributed by atoms with E-state index in [2.05, 4.69) is 30.9 Å². The molecule has 34 heavy (non-hydrogen) atoms. The second-order valence-corrected chi connectivity index (χ2v) is 8.99. The summed E-state index contributed by atoms with van der Waals surface area (Å²) >= 11 is 2.29. The largest absolute Gasteiger partial charge is 0.477 e. The van der Waals surface area contributed by atoms with E-state index >= 15 is 0 Å². The molecule has 2 amide bonds. The average Bonchev–Trinajstić information content (AvgIpc) is 3.41. The van der Waals surface area contributed by atoms with Gasteiger partial charge in [-0.3, -0.25) is 5.32 Å². The molecule has 0 bridgehead atoms. The maximum atomic E-state index is 12.8. The first-order valence-corrected chi connectivity index (χ1v) is 11.2. The van der Waals surface area contributed by atoms with Gasteiger partial charge in [0.2, 0.25) is 0 Å². The zero-order chi connectivity index (χ0) is 24.3. The minimum atomic E-state index is -4.51. The zero-order valence-corrected chi connectivity index (χ0v) is 18.6. The van der Waals surface area contributed by atoms with Gasteiger partial charge in [0.1, 0.15) is 17.0 Å². The van der Waals surface area contributed by atoms with E-state index in [4.69, 9.17) is 5.11 Å². The van der Waals surface area contributed by atoms with Crippen molar-refractivity contribution < 1.29 is 27.9 Å². The number of fused-ring (bicyclic) bond motifs is 1. The van der Waals surface area contributed by atoms with Gasteiger partial charge >= 0.3 is 18.2 Å². The van der Waals surface area contributed by atoms with Crippen molar-refractivity contribution in [1.29, 1.82) is 0 Å². The molecule has 3 aromatic heterocycles. The molecule has 0 saturated carbocycles. The number of carbonyl (C=O) groups excluding carboxylic acids is 1. The van der Waals surface area contributed by atoms with E-state index in [0.717, 1.165) is 28.3 Å². The van der Waals surface area contributed by atoms with Crippen molar-refractivity contribution in [3.05, 3.63) is 58.2 Å². The fraction of sp³-hybridized carbons (Fsp3) is 0.150. The number of halogens is 3. The number of aromatic carboxylic acids is 1. The maximum absolute atomic E-state index is 12.8. The fourth-order valence-electron chi connectivity index (χ4n) is 2.90. The van der Waals surface area contributed by atoms with Gasteiger partial charge in [0, 0.05) is 29.7 Å². The number of amides is 2. The van der Waals surface area contributed by atoms with Crippen LogP contribution in [-0.2, 0) is 12.6 Å². The Labute approximate surface area is 197 Å². The van der Waals surface area contributed by atoms with Crippen molar-refractivity contribution in [3.8, 4) is 0 Å². The molecule has 0 aliphatic rings. The molecule has 0 radical (unpaired) electrons. The third kappa shape index (κ3) is 5.58. The number of thiazole rings is 1. The minimum Gasteiger partial charge on any atom is -0.477 e. The number of hydrogen-bond acceptors (Lipinski definition) is 8. The molecule has 3 heterocycles. The van der Waals surface area contributed by atoms with Crippen LogP contribution in [0.1, 0.15) is 20.1 Å². The first kappa shape index (κ1) is 23.4. The summed E-state index contributed by atoms with van der Waals surface area (Å²) < 4.78 is 39.0. The Balaban J connectivity index is 1.32. The molecule has 0 spiro atoms. The van der Waals surface area contributed by atoms with Gasteiger partial charge in [-0.15, -0.1) is 22.7 Å². The lowest BCUT2D eigenvalue weighted by atomic mass is 10.2. The molecule has 4 rings (SSSR count). The van der Waals surface area contributed by atoms with Crippen LogP contribution >= 0.6 is 22.7 Å². The highest BCUT2D eigenvalue weighted by Gasteiger charge is 2.30. The fourth-order valence-corrected chi connectivity index (χ4v) is 4.63. The quantitative estimate of drug-likeness (QED) is 0.271. The van der Waals surface area contributed by atoms with Crippen molar-refractivity contribution in [1.82, 2.24) is 15.0 Å². The number of carbonyl (C=O) groups is 2. The highest BCUT2D eigenvalue weighted by Crippen LogP contribution is 2.31. The average molecular weight is 509 g/mol. The molecule has 0 saturated heterocycles. The van der Waals surface area contributed by atoms with Gasteiger partial charge in [-0.25, -0.2) is 24.5 Å². The number of thiophene rings is 1. The monoisotopic (exact) mass is 508 g/mol. The van der Waals surface area contributed by atoms with Gasteiger partial charge in [-0.05, 0) is 24.3 Å². The lowest BCUT2D eigenvalue weighted by Gasteiger charge is -2.09. The van der Waals surface area contributed by atoms with Gasteiger partial charge in [0.15, 0.2) is 5.13 Å². The molecule has 0 unspecified atom stereocenters. The summed E-state index contributed by atoms with van der Waals surface area (Å²) in [4.78, 5) is 36.6. The van der Waals surface area contributed by atoms with Crippen LogP contribution in [0.2, 0.25) is 0 Å². The van der Waals surface area contributed by atoms with Crippen LogP contribution in [0.4, 0.5) is 34.6 Å². The molecule has 176 valence electrons. The van der Waals surface area contributed by atoms with E-state index in [1.165, 1.54) is 35.9 Å². The second-order valence-electron chi connectivity index (χ2n) is 6.82. The van der Waals surface area contributed by atoms with Crippen molar-refractivity contribution in [2.45, 2.75) is 12.6 Å². The molecular weight excluding hydrogens is 493 g/mol. The van der Waals surface area contributed by atoms with Crippen LogP contribution < -0.4 is 16.0 Å². The molecule has 4 N–H and O–H groups in total. The number of aromatic nitrogens is 3. The van der Waals surface area contributed by atoms with Crippen LogP contribution in [0.5, 0.6) is 0 Å². The van der Waals surface area contributed by atoms with Crippen LogP contribution in [0.15, 0.2) is 42.9 Å². The zero-order valence-electron chi connectivity index (χ0n) is 17.0. The number of carboxylic acids is 1. The third-order valence-corrected chi connectivity index (χ3v) is 6.50. The van der Waals surface area contributed by atoms with Crippen LogP contribution in [0.3, 0.4) is 0 Å². The molecule has 14 heteroatoms. The summed E-state index contributed by atoms with van der Waals surface area (Å²) in [5.74, 6) is -0.512. The molecule has 0 atom stereocenters. The molecule has 4 aromatic rings. The number of benzene rings is 1. The topological polar surface area (TPSA) is 129 Å². The Bertz CT molecular complexity index is 1350. The Hall–Kier alpha value is -3.78. The first-order chi connectivity index (χ1) is 16.2. The number of nitrogens with zero attached hydrogens (tertiary/aromatic N) is 3. The van der Waals surface area contributed by atoms with Gasteiger partial charge in [-0.2, -0.15) is 13.2 Å². The van der Waals surface area contributed by atoms with Crippen molar-refractivity contribution in [2.75, 3.05) is 22.5 Å². The molecular formula is C20H15F3N6O3S2. The normalized spacial score (nSPS) is 11.4. The van der Waals surface area contributed by atoms with E-state index in [0.29, 0.717) is 29.0 Å². The van der Waals surface area contributed by atoms with Crippen LogP contribution in [0.25, 0.3) is 10.2 Å². The summed E-state index contributed by atoms with van der Waals surface area (Å²) in [6, 6.07) is 5.09. The summed E-state index contributed by atoms with van der Waals surface area (Å²) in [7, 11) is 0. The van der Waals surface area contributed by atoms with Crippen LogP contribution in [-0.4, -0.2) is 38.6 Å². The molecule has 0 aliphatic carbocycles. The summed E-state index contributed by atoms with van der Waals surface area (Å²) in [6.07, 6.45) is -1.04. The SMILES string of the molecule is O=C(Nc1cccc(C(F)(F)F)c1)Nc1ncc(CCNc2ncnc3cc(C(=O)O)sc23)s1. The Kier molecular flexibility index (Phi) is 6.61. The van der Waals surface area contributed by atoms with Gasteiger partial charge < -0.3 is 15.7 Å². The highest BCUT2D eigenvalue weighted by molar-refractivity contribution is 7.21. The van der Waals surface area contributed by atoms with E-state index < -0.39 is 23.7 Å². The predicted octanol–water partition coefficient (Wildman–Crippen LogP) is 5.16. The van der Waals surface area contributed by atoms with E-state index in [1.807, 2.05) is 0 Å². The Morgan fingerprint density at radius 2 is 1.88 bits per heavy atom. The van der Waals surface area contributed by atoms with Crippen molar-refractivity contribution >= 4 is 61.5 Å². The summed E-state index contributed by atoms with van der Waals surface area (Å²) in [5, 5.41) is 17.4. The minimum absolute atomic E-state index is 0.00380. The first-order valence-electron chi connectivity index (χ1n) is 9.61. The standard InChI is InChI=1S/C20H15F3N6O3S2/c21-20(22,23)10-2-1-3-11(6-10)28-18(32)29-19-25-8-12(33-19)4-5-24-16-15-13(26-9-27-16)7-14(34-15)17(30)31/h1-3,6-9H,4-5H2,(H,30,31)(H,24,26,27)(H2,25,28,29,32). The number of alkyl halides is 3. The molecule has 0 fully saturated rings. The number of rotatable bonds is 7. The number of carboxylic acid groups (broad SMARTS) is 1. The molecule has 0 aliphatic heterocycles. The number of hydrogen-bond donors (Lipinski definition) is 4. The lowest BCUT2D eigenvalue weighted by molar-refractivity contribution is -0.137. The van der Waals surface area contributed by atoms with Crippen LogP contribution in [0, 0.1) is 0 Å². The highest BCUT2D eigenvalue weighted by atomic mass is 32.1. The second kappa shape index (κ2) is 9.61. The summed E-state index contributed by atoms with van der Waals surface area (Å²) in [5.41, 5.74) is -0.322. The molecule has 9 nitrogen and oxygen atoms in total. The Morgan fingerprint density at radius 3 is 2.65 bits per heavy atom. The van der Waals surface area contributed by atoms with E-state index in [1.54, 1.807) is 6.20 Å². The van der Waals surface area contributed by atoms with Gasteiger partial charge in [0.05, 0.1) is 15.8 Å². The van der Waals surface area contributed by atoms with E-state index in [9.17, 15) is 22.8 Å². The molecule has 1 aromatic carbocycles. The van der Waals surface area contributed by atoms with Gasteiger partial charge in [-0.1, -0.05) is 6.07 Å². The third-order valence-electron chi connectivity index (χ3n) is 4.41. The lowest BCUT2D eigenvalue weighted by Crippen LogP contribution is -2.19. The van der Waals surface area contributed by atoms with Crippen molar-refractivity contribution in [2.24, 2.45) is 0 Å². The smallest absolute Gasteiger partial charge is 0.416 e. The number of nitrogens with one attached hydrogen (secondary N) is 3. The summed E-state index contributed by atoms with van der Waals surface area (Å²) in [6.45, 7) is 0.463. The van der Waals surface area contributed by atoms with Gasteiger partial charge in [0.25, 0.3) is 0 Å². The Morgan fingerprint density at radius 1 is 1.06 bits per heavy atom.